The molecule has 0 radical (unpaired) electrons. The predicted molar refractivity (Wildman–Crippen MR) is 441 cm³/mol. The Morgan fingerprint density at radius 3 is 1.09 bits per heavy atom. The van der Waals surface area contributed by atoms with Crippen molar-refractivity contribution in [3.05, 3.63) is 177 Å². The number of aromatic nitrogens is 2. The molecule has 0 aliphatic carbocycles. The molecule has 32 heteroatoms. The van der Waals surface area contributed by atoms with Gasteiger partial charge < -0.3 is 31.9 Å². The lowest BCUT2D eigenvalue weighted by Gasteiger charge is -2.22. The first-order chi connectivity index (χ1) is 49.4. The highest BCUT2D eigenvalue weighted by atomic mass is 32.1. The number of guanidine groups is 1. The number of carbonyl (C=O) groups is 6. The van der Waals surface area contributed by atoms with Crippen molar-refractivity contribution in [1.29, 1.82) is 0 Å². The lowest BCUT2D eigenvalue weighted by Crippen LogP contribution is -2.50. The molecule has 0 spiro atoms. The van der Waals surface area contributed by atoms with E-state index < -0.39 is 26.7 Å². The van der Waals surface area contributed by atoms with E-state index in [2.05, 4.69) is 125 Å². The molecule has 8 N–H and O–H groups in total. The molecule has 2 aromatic heterocycles. The maximum Gasteiger partial charge on any atom is 0.269 e. The molecule has 2 amide bonds. The summed E-state index contributed by atoms with van der Waals surface area (Å²) < 4.78 is 0. The number of hydrogen-bond donors (Lipinski definition) is 8. The first kappa shape index (κ1) is 94.7. The second kappa shape index (κ2) is 51.8. The van der Waals surface area contributed by atoms with Gasteiger partial charge in [0.15, 0.2) is 38.5 Å². The van der Waals surface area contributed by atoms with Crippen molar-refractivity contribution >= 4 is 191 Å². The third-order valence-corrected chi connectivity index (χ3v) is 14.3. The smallest absolute Gasteiger partial charge is 0.269 e. The van der Waals surface area contributed by atoms with Gasteiger partial charge in [0.05, 0.1) is 78.6 Å². The Labute approximate surface area is 646 Å². The van der Waals surface area contributed by atoms with E-state index in [9.17, 15) is 49.0 Å². The number of nitro benzene ring substituents is 2. The topological polar surface area (TPSA) is 360 Å². The predicted octanol–water partition coefficient (Wildman–Crippen LogP) is 15.5. The van der Waals surface area contributed by atoms with E-state index in [0.717, 1.165) is 22.7 Å². The van der Waals surface area contributed by atoms with Crippen LogP contribution in [-0.4, -0.2) is 116 Å². The van der Waals surface area contributed by atoms with Gasteiger partial charge in [0.2, 0.25) is 17.8 Å². The number of aryl methyl sites for hydroxylation is 2. The van der Waals surface area contributed by atoms with Gasteiger partial charge in [-0.05, 0) is 188 Å². The summed E-state index contributed by atoms with van der Waals surface area (Å²) in [5.74, 6) is -0.254. The molecule has 105 heavy (non-hydrogen) atoms. The number of nitrogens with one attached hydrogen (secondary N) is 8. The minimum Gasteiger partial charge on any atom is -0.353 e. The number of nitrogens with zero attached hydrogens (tertiary/aromatic N) is 8. The number of anilines is 3. The Morgan fingerprint density at radius 1 is 0.457 bits per heavy atom. The zero-order valence-electron chi connectivity index (χ0n) is 61.6. The van der Waals surface area contributed by atoms with Crippen molar-refractivity contribution < 1.29 is 38.6 Å². The Balaban J connectivity index is 0.00000122. The number of thiocarbonyl (C=S) groups is 6. The summed E-state index contributed by atoms with van der Waals surface area (Å²) in [4.78, 5) is 113. The fourth-order valence-corrected chi connectivity index (χ4v) is 8.28. The Hall–Kier alpha value is -10.3. The maximum absolute atomic E-state index is 12.1. The molecular formula is C73H92N16O10S6. The van der Waals surface area contributed by atoms with Crippen LogP contribution in [0.1, 0.15) is 134 Å². The molecule has 560 valence electrons. The van der Waals surface area contributed by atoms with Crippen LogP contribution in [0.2, 0.25) is 0 Å². The van der Waals surface area contributed by atoms with Crippen molar-refractivity contribution in [2.75, 3.05) is 16.0 Å². The highest BCUT2D eigenvalue weighted by Crippen LogP contribution is 2.19. The Bertz CT molecular complexity index is 3940. The first-order valence-corrected chi connectivity index (χ1v) is 35.0. The fourth-order valence-electron chi connectivity index (χ4n) is 7.08. The molecule has 6 rings (SSSR count). The summed E-state index contributed by atoms with van der Waals surface area (Å²) in [6.45, 7) is 28.8. The lowest BCUT2D eigenvalue weighted by molar-refractivity contribution is -0.385. The molecule has 0 aliphatic heterocycles. The second-order valence-corrected chi connectivity index (χ2v) is 25.9. The van der Waals surface area contributed by atoms with Gasteiger partial charge in [-0.3, -0.25) is 69.6 Å². The molecule has 2 heterocycles. The van der Waals surface area contributed by atoms with Gasteiger partial charge in [-0.25, -0.2) is 4.99 Å². The van der Waals surface area contributed by atoms with Gasteiger partial charge in [-0.2, -0.15) is 15.0 Å². The normalized spacial score (nSPS) is 11.0. The van der Waals surface area contributed by atoms with E-state index in [1.165, 1.54) is 47.5 Å². The number of rotatable bonds is 20. The Morgan fingerprint density at radius 2 is 0.771 bits per heavy atom. The summed E-state index contributed by atoms with van der Waals surface area (Å²) in [6.07, 6.45) is 8.46. The van der Waals surface area contributed by atoms with Crippen LogP contribution >= 0.6 is 73.3 Å². The average Bonchev–Trinajstić information content (AvgIpc) is 0.854. The van der Waals surface area contributed by atoms with E-state index in [0.29, 0.717) is 52.4 Å². The molecule has 4 aromatic carbocycles. The maximum atomic E-state index is 12.1. The van der Waals surface area contributed by atoms with Gasteiger partial charge in [0.1, 0.15) is 6.04 Å². The van der Waals surface area contributed by atoms with Gasteiger partial charge in [0, 0.05) is 84.5 Å². The molecule has 0 unspecified atom stereocenters. The number of amides is 2. The van der Waals surface area contributed by atoms with Crippen molar-refractivity contribution in [3.8, 4) is 0 Å². The highest BCUT2D eigenvalue weighted by molar-refractivity contribution is 7.81. The standard InChI is InChI=1S/C16H29N3O3.C13H18N2OS.C12H15N3O3S.C11H15N3OS.C8H7NS.C7H4N2O2S.C6H4N2S/c1-9-11(20)10(2)17-14(18-12(21)15(3,4)5)19-13(22)16(6,7)8;1-4-12(16)10(3)14-13(17)15-11-7-5-9(2)6-8-11;1-3-11(16)8(2)13-12(19)14-9-4-6-10(7-5-9)15(17)18;1-3-10(15)8(2)13-11(16)14-9-5-4-6-12-7-9;1-7-2-4-8(5-3-7)9-6-10;10-9(11)7-3-1-6(2-4-7)8-5-12;9-5-8-6-2-1-3-7-4-6/h10H,9H2,1-8H3,(H2,17,18,19,21,22);5-8,10H,4H2,1-3H3,(H2,14,15,17);4-8H,3H2,1-2H3,(H2,13,14,19);4-8H,3H2,1-2H3,(H2,13,14,16);2-5H,1H3;1-4H;1-4H/t2*10-;2*8-;;;/m0000.../s1. The summed E-state index contributed by atoms with van der Waals surface area (Å²) >= 11 is 28.5. The molecule has 0 fully saturated rings. The zero-order chi connectivity index (χ0) is 79.8. The minimum atomic E-state index is -0.634. The first-order valence-electron chi connectivity index (χ1n) is 32.6. The van der Waals surface area contributed by atoms with E-state index in [1.807, 2.05) is 101 Å². The fraction of sp³-hybridized carbons (Fsp3) is 0.356. The van der Waals surface area contributed by atoms with Crippen LogP contribution in [0, 0.1) is 44.9 Å². The van der Waals surface area contributed by atoms with Gasteiger partial charge >= 0.3 is 0 Å². The second-order valence-electron chi connectivity index (χ2n) is 24.1. The van der Waals surface area contributed by atoms with Crippen LogP contribution in [0.4, 0.5) is 45.5 Å². The number of benzene rings is 4. The quantitative estimate of drug-likeness (QED) is 0.0116. The van der Waals surface area contributed by atoms with E-state index in [-0.39, 0.29) is 70.4 Å². The molecule has 0 bridgehead atoms. The summed E-state index contributed by atoms with van der Waals surface area (Å²) in [5.41, 5.74) is 5.73. The van der Waals surface area contributed by atoms with Crippen molar-refractivity contribution in [3.63, 3.8) is 0 Å². The van der Waals surface area contributed by atoms with E-state index >= 15 is 0 Å². The van der Waals surface area contributed by atoms with E-state index in [1.54, 1.807) is 119 Å². The number of non-ortho nitro benzene ring substituents is 2. The number of isothiocyanates is 3. The minimum absolute atomic E-state index is 0.0129. The van der Waals surface area contributed by atoms with Crippen molar-refractivity contribution in [1.82, 2.24) is 36.6 Å². The Kier molecular flexibility index (Phi) is 46.8. The number of ketones is 4. The number of carbonyl (C=O) groups excluding carboxylic acids is 6. The molecule has 26 nitrogen and oxygen atoms in total. The molecule has 0 saturated heterocycles. The average molecular weight is 1550 g/mol. The van der Waals surface area contributed by atoms with Crippen LogP contribution in [0.5, 0.6) is 0 Å². The van der Waals surface area contributed by atoms with Crippen LogP contribution < -0.4 is 42.5 Å². The number of nitro groups is 2. The zero-order valence-corrected chi connectivity index (χ0v) is 66.5. The van der Waals surface area contributed by atoms with Crippen LogP contribution in [-0.2, 0) is 28.8 Å². The molecule has 0 aliphatic rings. The van der Waals surface area contributed by atoms with Crippen molar-refractivity contribution in [2.45, 2.75) is 161 Å². The van der Waals surface area contributed by atoms with E-state index in [4.69, 9.17) is 36.7 Å². The van der Waals surface area contributed by atoms with Crippen molar-refractivity contribution in [2.24, 2.45) is 30.8 Å². The molecule has 4 atom stereocenters. The third kappa shape index (κ3) is 43.5. The monoisotopic (exact) mass is 1540 g/mol. The number of hydrogen-bond acceptors (Lipinski definition) is 22. The van der Waals surface area contributed by atoms with Gasteiger partial charge in [-0.15, -0.1) is 0 Å². The number of aliphatic imine (C=N–C) groups is 4. The molecule has 6 aromatic rings. The summed E-state index contributed by atoms with van der Waals surface area (Å²) in [7, 11) is 0. The lowest BCUT2D eigenvalue weighted by atomic mass is 9.95. The SMILES string of the molecule is CCC(=O)[C@H](C)N=C(NC(=O)C(C)(C)C)NC(=O)C(C)(C)C.CCC(=O)[C@H](C)NC(=S)Nc1ccc(C)cc1.CCC(=O)[C@H](C)NC(=S)Nc1ccc([N+](=O)[O-])cc1.CCC(=O)[C@H](C)NC(=S)Nc1cccnc1.Cc1ccc(N=C=S)cc1.O=[N+]([O-])c1ccc(N=C=S)cc1.S=C=Nc1cccnc1. The van der Waals surface area contributed by atoms with Crippen LogP contribution in [0.15, 0.2) is 166 Å². The number of pyridine rings is 2. The third-order valence-electron chi connectivity index (χ3n) is 13.3. The van der Waals surface area contributed by atoms with Crippen LogP contribution in [0.25, 0.3) is 0 Å². The highest BCUT2D eigenvalue weighted by Gasteiger charge is 2.27. The molecule has 0 saturated carbocycles. The summed E-state index contributed by atoms with van der Waals surface area (Å²) in [5, 5.41) is 51.5. The molecular weight excluding hydrogens is 1450 g/mol. The summed E-state index contributed by atoms with van der Waals surface area (Å²) in [6, 6.07) is 33.1. The largest absolute Gasteiger partial charge is 0.353 e. The van der Waals surface area contributed by atoms with Gasteiger partial charge in [-0.1, -0.05) is 105 Å². The number of Topliss-reactive ketones (excluding diaryl/α,β-unsaturated/α-hetero) is 4. The van der Waals surface area contributed by atoms with Gasteiger partial charge in [0.25, 0.3) is 11.4 Å². The van der Waals surface area contributed by atoms with Crippen LogP contribution in [0.3, 0.4) is 0 Å².